The zero-order chi connectivity index (χ0) is 26.9. The van der Waals surface area contributed by atoms with Crippen LogP contribution in [0, 0.1) is 31.5 Å². The fourth-order valence-corrected chi connectivity index (χ4v) is 5.41. The molecule has 4 unspecified atom stereocenters. The number of amides is 2. The van der Waals surface area contributed by atoms with Crippen LogP contribution in [-0.2, 0) is 14.4 Å². The number of para-hydroxylation sites is 2. The summed E-state index contributed by atoms with van der Waals surface area (Å²) in [5, 5.41) is 16.9. The van der Waals surface area contributed by atoms with Crippen LogP contribution in [0.5, 0.6) is 0 Å². The third-order valence-corrected chi connectivity index (χ3v) is 7.30. The Balaban J connectivity index is 1.84. The Bertz CT molecular complexity index is 1350. The van der Waals surface area contributed by atoms with Crippen molar-refractivity contribution >= 4 is 40.6 Å². The first-order chi connectivity index (χ1) is 17.5. The van der Waals surface area contributed by atoms with Crippen LogP contribution in [-0.4, -0.2) is 28.3 Å². The zero-order valence-electron chi connectivity index (χ0n) is 20.7. The van der Waals surface area contributed by atoms with Crippen molar-refractivity contribution in [2.24, 2.45) is 11.8 Å². The Labute approximate surface area is 219 Å². The quantitative estimate of drug-likeness (QED) is 0.390. The number of carbonyl (C=O) groups excluding carboxylic acids is 3. The number of ketones is 1. The number of carbonyl (C=O) groups is 3. The third-order valence-electron chi connectivity index (χ3n) is 6.97. The van der Waals surface area contributed by atoms with E-state index in [-0.39, 0.29) is 10.6 Å². The van der Waals surface area contributed by atoms with E-state index < -0.39 is 53.2 Å². The van der Waals surface area contributed by atoms with Gasteiger partial charge in [-0.05, 0) is 56.2 Å². The van der Waals surface area contributed by atoms with Crippen LogP contribution in [0.25, 0.3) is 0 Å². The van der Waals surface area contributed by atoms with Gasteiger partial charge in [-0.1, -0.05) is 54.1 Å². The lowest BCUT2D eigenvalue weighted by molar-refractivity contribution is -0.150. The van der Waals surface area contributed by atoms with Gasteiger partial charge in [0.2, 0.25) is 11.8 Å². The Hall–Kier alpha value is -3.55. The van der Waals surface area contributed by atoms with Crippen LogP contribution in [0.4, 0.5) is 15.8 Å². The number of aryl methyl sites for hydroxylation is 2. The standard InChI is InChI=1S/C29H28ClFN2O4/c1-16-9-4-6-13-20(16)32-27(35)24-22(34)15-29(3,37)26(25(24)23-18(30)11-8-12-19(23)31)28(36)33-21-14-7-5-10-17(21)2/h4-14,24-26,37H,15H2,1-3H3,(H,32,35)(H,33,36). The molecule has 0 aliphatic heterocycles. The van der Waals surface area contributed by atoms with Gasteiger partial charge < -0.3 is 15.7 Å². The van der Waals surface area contributed by atoms with Crippen molar-refractivity contribution in [3.63, 3.8) is 0 Å². The summed E-state index contributed by atoms with van der Waals surface area (Å²) in [4.78, 5) is 40.8. The fourth-order valence-electron chi connectivity index (χ4n) is 5.12. The molecule has 4 atom stereocenters. The van der Waals surface area contributed by atoms with Gasteiger partial charge in [0, 0.05) is 34.3 Å². The zero-order valence-corrected chi connectivity index (χ0v) is 21.5. The molecule has 0 radical (unpaired) electrons. The summed E-state index contributed by atoms with van der Waals surface area (Å²) >= 11 is 6.42. The van der Waals surface area contributed by atoms with Crippen LogP contribution in [0.15, 0.2) is 66.7 Å². The first-order valence-electron chi connectivity index (χ1n) is 11.9. The van der Waals surface area contributed by atoms with Gasteiger partial charge in [-0.15, -0.1) is 0 Å². The lowest BCUT2D eigenvalue weighted by atomic mass is 9.61. The molecule has 4 rings (SSSR count). The van der Waals surface area contributed by atoms with E-state index in [1.54, 1.807) is 37.3 Å². The molecule has 1 aliphatic carbocycles. The van der Waals surface area contributed by atoms with Crippen LogP contribution in [0.3, 0.4) is 0 Å². The smallest absolute Gasteiger partial charge is 0.235 e. The molecule has 1 aliphatic rings. The Morgan fingerprint density at radius 1 is 0.919 bits per heavy atom. The molecule has 0 aromatic heterocycles. The van der Waals surface area contributed by atoms with Crippen molar-refractivity contribution < 1.29 is 23.9 Å². The lowest BCUT2D eigenvalue weighted by Crippen LogP contribution is -2.56. The molecular weight excluding hydrogens is 495 g/mol. The molecule has 3 N–H and O–H groups in total. The molecule has 1 fully saturated rings. The van der Waals surface area contributed by atoms with E-state index in [1.807, 2.05) is 25.1 Å². The van der Waals surface area contributed by atoms with E-state index in [4.69, 9.17) is 11.6 Å². The number of hydrogen-bond acceptors (Lipinski definition) is 4. The average Bonchev–Trinajstić information content (AvgIpc) is 2.81. The molecule has 3 aromatic rings. The van der Waals surface area contributed by atoms with E-state index in [2.05, 4.69) is 10.6 Å². The van der Waals surface area contributed by atoms with Gasteiger partial charge in [0.05, 0.1) is 11.5 Å². The summed E-state index contributed by atoms with van der Waals surface area (Å²) in [5.41, 5.74) is 0.487. The van der Waals surface area contributed by atoms with Crippen LogP contribution >= 0.6 is 11.6 Å². The fraction of sp³-hybridized carbons (Fsp3) is 0.276. The number of nitrogens with one attached hydrogen (secondary N) is 2. The SMILES string of the molecule is Cc1ccccc1NC(=O)C1C(=O)CC(C)(O)C(C(=O)Nc2ccccc2C)C1c1c(F)cccc1Cl. The molecule has 0 saturated heterocycles. The second kappa shape index (κ2) is 10.4. The number of benzene rings is 3. The minimum absolute atomic E-state index is 0.0436. The monoisotopic (exact) mass is 522 g/mol. The number of halogens is 2. The summed E-state index contributed by atoms with van der Waals surface area (Å²) < 4.78 is 15.3. The first kappa shape index (κ1) is 26.5. The van der Waals surface area contributed by atoms with Gasteiger partial charge in [-0.2, -0.15) is 0 Å². The van der Waals surface area contributed by atoms with Crippen molar-refractivity contribution in [3.8, 4) is 0 Å². The summed E-state index contributed by atoms with van der Waals surface area (Å²) in [6, 6.07) is 18.1. The van der Waals surface area contributed by atoms with E-state index in [0.717, 1.165) is 17.2 Å². The minimum atomic E-state index is -1.88. The number of hydrogen-bond donors (Lipinski definition) is 3. The average molecular weight is 523 g/mol. The van der Waals surface area contributed by atoms with Gasteiger partial charge >= 0.3 is 0 Å². The number of Topliss-reactive ketones (excluding diaryl/α,β-unsaturated/α-hetero) is 1. The van der Waals surface area contributed by atoms with Crippen molar-refractivity contribution in [1.29, 1.82) is 0 Å². The van der Waals surface area contributed by atoms with Crippen molar-refractivity contribution in [1.82, 2.24) is 0 Å². The summed E-state index contributed by atoms with van der Waals surface area (Å²) in [6.07, 6.45) is -0.465. The minimum Gasteiger partial charge on any atom is -0.389 e. The molecular formula is C29H28ClFN2O4. The van der Waals surface area contributed by atoms with Crippen molar-refractivity contribution in [2.45, 2.75) is 38.7 Å². The highest BCUT2D eigenvalue weighted by molar-refractivity contribution is 6.31. The summed E-state index contributed by atoms with van der Waals surface area (Å²) in [6.45, 7) is 4.96. The second-order valence-corrected chi connectivity index (χ2v) is 10.1. The lowest BCUT2D eigenvalue weighted by Gasteiger charge is -2.44. The molecule has 1 saturated carbocycles. The molecule has 37 heavy (non-hydrogen) atoms. The second-order valence-electron chi connectivity index (χ2n) is 9.73. The maximum absolute atomic E-state index is 15.3. The summed E-state index contributed by atoms with van der Waals surface area (Å²) in [7, 11) is 0. The molecule has 2 amide bonds. The largest absolute Gasteiger partial charge is 0.389 e. The normalized spacial score (nSPS) is 23.4. The number of rotatable bonds is 5. The maximum atomic E-state index is 15.3. The van der Waals surface area contributed by atoms with E-state index in [0.29, 0.717) is 11.4 Å². The van der Waals surface area contributed by atoms with Crippen LogP contribution in [0.1, 0.15) is 36.0 Å². The van der Waals surface area contributed by atoms with Crippen molar-refractivity contribution in [2.75, 3.05) is 10.6 Å². The predicted molar refractivity (Wildman–Crippen MR) is 141 cm³/mol. The van der Waals surface area contributed by atoms with E-state index >= 15 is 4.39 Å². The van der Waals surface area contributed by atoms with Gasteiger partial charge in [-0.3, -0.25) is 14.4 Å². The maximum Gasteiger partial charge on any atom is 0.235 e. The van der Waals surface area contributed by atoms with Gasteiger partial charge in [0.1, 0.15) is 17.5 Å². The van der Waals surface area contributed by atoms with E-state index in [9.17, 15) is 19.5 Å². The third kappa shape index (κ3) is 5.29. The highest BCUT2D eigenvalue weighted by Crippen LogP contribution is 2.49. The Morgan fingerprint density at radius 2 is 1.46 bits per heavy atom. The number of aliphatic hydroxyl groups is 1. The van der Waals surface area contributed by atoms with Gasteiger partial charge in [0.15, 0.2) is 0 Å². The highest BCUT2D eigenvalue weighted by atomic mass is 35.5. The summed E-state index contributed by atoms with van der Waals surface area (Å²) in [5.74, 6) is -6.94. The van der Waals surface area contributed by atoms with Crippen LogP contribution < -0.4 is 10.6 Å². The van der Waals surface area contributed by atoms with Crippen molar-refractivity contribution in [3.05, 3.63) is 94.3 Å². The first-order valence-corrected chi connectivity index (χ1v) is 12.3. The van der Waals surface area contributed by atoms with E-state index in [1.165, 1.54) is 19.1 Å². The Morgan fingerprint density at radius 3 is 2.00 bits per heavy atom. The predicted octanol–water partition coefficient (Wildman–Crippen LogP) is 5.41. The molecule has 192 valence electrons. The van der Waals surface area contributed by atoms with Gasteiger partial charge in [0.25, 0.3) is 0 Å². The molecule has 8 heteroatoms. The molecule has 3 aromatic carbocycles. The number of anilines is 2. The molecule has 0 spiro atoms. The van der Waals surface area contributed by atoms with Gasteiger partial charge in [-0.25, -0.2) is 4.39 Å². The molecule has 0 heterocycles. The Kier molecular flexibility index (Phi) is 7.48. The highest BCUT2D eigenvalue weighted by Gasteiger charge is 2.57. The molecule has 6 nitrogen and oxygen atoms in total. The van der Waals surface area contributed by atoms with Crippen LogP contribution in [0.2, 0.25) is 5.02 Å². The topological polar surface area (TPSA) is 95.5 Å². The molecule has 0 bridgehead atoms.